The number of hydrogen-bond donors (Lipinski definition) is 2. The molecule has 0 aliphatic carbocycles. The molecule has 1 aliphatic heterocycles. The number of rotatable bonds is 6. The summed E-state index contributed by atoms with van der Waals surface area (Å²) in [4.78, 5) is 26.1. The van der Waals surface area contributed by atoms with Gasteiger partial charge >= 0.3 is 12.0 Å². The van der Waals surface area contributed by atoms with Crippen LogP contribution < -0.4 is 10.1 Å². The molecule has 0 saturated heterocycles. The third-order valence-corrected chi connectivity index (χ3v) is 3.86. The molecule has 24 heavy (non-hydrogen) atoms. The number of carbonyl (C=O) groups is 2. The average Bonchev–Trinajstić information content (AvgIpc) is 2.58. The Morgan fingerprint density at radius 1 is 1.33 bits per heavy atom. The highest BCUT2D eigenvalue weighted by atomic mass is 16.5. The predicted molar refractivity (Wildman–Crippen MR) is 87.4 cm³/mol. The van der Waals surface area contributed by atoms with Gasteiger partial charge in [-0.1, -0.05) is 12.1 Å². The molecule has 0 bridgehead atoms. The van der Waals surface area contributed by atoms with Gasteiger partial charge in [-0.05, 0) is 31.5 Å². The van der Waals surface area contributed by atoms with Crippen molar-refractivity contribution >= 4 is 12.0 Å². The number of methoxy groups -OCH3 is 1. The van der Waals surface area contributed by atoms with Gasteiger partial charge in [0.2, 0.25) is 0 Å². The number of nitrogens with zero attached hydrogens (tertiary/aromatic N) is 1. The first kappa shape index (κ1) is 17.8. The van der Waals surface area contributed by atoms with Crippen LogP contribution in [0.25, 0.3) is 0 Å². The van der Waals surface area contributed by atoms with Gasteiger partial charge in [0.25, 0.3) is 0 Å². The number of benzene rings is 1. The van der Waals surface area contributed by atoms with Gasteiger partial charge in [-0.15, -0.1) is 0 Å². The van der Waals surface area contributed by atoms with Crippen LogP contribution in [-0.2, 0) is 9.53 Å². The Hall–Kier alpha value is -2.54. The second-order valence-electron chi connectivity index (χ2n) is 5.25. The molecule has 7 heteroatoms. The lowest BCUT2D eigenvalue weighted by Crippen LogP contribution is -2.48. The van der Waals surface area contributed by atoms with Crippen molar-refractivity contribution in [2.45, 2.75) is 19.9 Å². The Bertz CT molecular complexity index is 639. The normalized spacial score (nSPS) is 17.6. The van der Waals surface area contributed by atoms with Crippen LogP contribution >= 0.6 is 0 Å². The maximum absolute atomic E-state index is 12.4. The lowest BCUT2D eigenvalue weighted by atomic mass is 9.95. The van der Waals surface area contributed by atoms with Crippen molar-refractivity contribution in [2.24, 2.45) is 0 Å². The highest BCUT2D eigenvalue weighted by Crippen LogP contribution is 2.31. The molecule has 1 heterocycles. The Morgan fingerprint density at radius 3 is 2.54 bits per heavy atom. The van der Waals surface area contributed by atoms with Crippen LogP contribution in [0.5, 0.6) is 5.75 Å². The zero-order valence-corrected chi connectivity index (χ0v) is 14.0. The predicted octanol–water partition coefficient (Wildman–Crippen LogP) is 1.59. The van der Waals surface area contributed by atoms with Crippen molar-refractivity contribution in [2.75, 3.05) is 26.9 Å². The Morgan fingerprint density at radius 2 is 2.00 bits per heavy atom. The Kier molecular flexibility index (Phi) is 5.81. The molecule has 1 aromatic rings. The minimum absolute atomic E-state index is 0.107. The molecule has 0 saturated carbocycles. The number of allylic oxidation sites excluding steroid dienone is 1. The molecule has 7 nitrogen and oxygen atoms in total. The molecular formula is C17H22N2O5. The van der Waals surface area contributed by atoms with E-state index in [2.05, 4.69) is 5.32 Å². The zero-order chi connectivity index (χ0) is 17.7. The summed E-state index contributed by atoms with van der Waals surface area (Å²) in [6.07, 6.45) is 0. The van der Waals surface area contributed by atoms with E-state index in [1.807, 2.05) is 0 Å². The van der Waals surface area contributed by atoms with Gasteiger partial charge in [0, 0.05) is 5.70 Å². The van der Waals surface area contributed by atoms with Crippen LogP contribution in [0.3, 0.4) is 0 Å². The monoisotopic (exact) mass is 334 g/mol. The molecule has 0 aromatic heterocycles. The van der Waals surface area contributed by atoms with E-state index in [9.17, 15) is 9.59 Å². The molecule has 0 fully saturated rings. The van der Waals surface area contributed by atoms with Crippen molar-refractivity contribution < 1.29 is 24.2 Å². The molecule has 1 aromatic carbocycles. The fourth-order valence-corrected chi connectivity index (χ4v) is 2.67. The number of β-amino-alcohol motifs (C(OH)–C–C–N with tert-alkyl or cyclic N) is 1. The lowest BCUT2D eigenvalue weighted by molar-refractivity contribution is -0.139. The van der Waals surface area contributed by atoms with Gasteiger partial charge in [0.05, 0.1) is 38.5 Å². The molecule has 0 radical (unpaired) electrons. The van der Waals surface area contributed by atoms with Gasteiger partial charge in [-0.2, -0.15) is 0 Å². The second-order valence-corrected chi connectivity index (χ2v) is 5.25. The summed E-state index contributed by atoms with van der Waals surface area (Å²) in [5, 5.41) is 11.9. The van der Waals surface area contributed by atoms with E-state index in [0.717, 1.165) is 5.56 Å². The van der Waals surface area contributed by atoms with Crippen LogP contribution in [-0.4, -0.2) is 48.9 Å². The standard InChI is InChI=1S/C17H22N2O5/c1-4-24-16(21)14-11(2)19(9-10-20)17(22)18-15(14)12-5-7-13(23-3)8-6-12/h5-8,15,20H,4,9-10H2,1-3H3,(H,18,22)/t15-/m1/s1. The minimum atomic E-state index is -0.614. The highest BCUT2D eigenvalue weighted by molar-refractivity contribution is 5.95. The summed E-state index contributed by atoms with van der Waals surface area (Å²) >= 11 is 0. The number of ether oxygens (including phenoxy) is 2. The molecule has 0 unspecified atom stereocenters. The summed E-state index contributed by atoms with van der Waals surface area (Å²) < 4.78 is 10.3. The first-order valence-electron chi connectivity index (χ1n) is 7.74. The quantitative estimate of drug-likeness (QED) is 0.771. The van der Waals surface area contributed by atoms with E-state index in [-0.39, 0.29) is 25.8 Å². The van der Waals surface area contributed by atoms with Crippen LogP contribution in [0.15, 0.2) is 35.5 Å². The number of aliphatic hydroxyl groups is 1. The van der Waals surface area contributed by atoms with Gasteiger partial charge in [0.1, 0.15) is 5.75 Å². The van der Waals surface area contributed by atoms with Crippen molar-refractivity contribution in [1.29, 1.82) is 0 Å². The fourth-order valence-electron chi connectivity index (χ4n) is 2.67. The number of nitrogens with one attached hydrogen (secondary N) is 1. The number of aliphatic hydroxyl groups excluding tert-OH is 1. The molecule has 1 atom stereocenters. The fraction of sp³-hybridized carbons (Fsp3) is 0.412. The maximum atomic E-state index is 12.4. The molecule has 130 valence electrons. The molecule has 2 amide bonds. The summed E-state index contributed by atoms with van der Waals surface area (Å²) in [6, 6.07) is 6.13. The van der Waals surface area contributed by atoms with Crippen molar-refractivity contribution in [3.8, 4) is 5.75 Å². The van der Waals surface area contributed by atoms with E-state index in [4.69, 9.17) is 14.6 Å². The van der Waals surface area contributed by atoms with Crippen molar-refractivity contribution in [3.05, 3.63) is 41.1 Å². The Labute approximate surface area is 140 Å². The highest BCUT2D eigenvalue weighted by Gasteiger charge is 2.36. The molecule has 0 spiro atoms. The van der Waals surface area contributed by atoms with Gasteiger partial charge in [0.15, 0.2) is 0 Å². The minimum Gasteiger partial charge on any atom is -0.497 e. The third-order valence-electron chi connectivity index (χ3n) is 3.86. The van der Waals surface area contributed by atoms with Crippen LogP contribution in [0.2, 0.25) is 0 Å². The smallest absolute Gasteiger partial charge is 0.338 e. The van der Waals surface area contributed by atoms with Crippen molar-refractivity contribution in [1.82, 2.24) is 10.2 Å². The summed E-state index contributed by atoms with van der Waals surface area (Å²) in [5.74, 6) is 0.194. The van der Waals surface area contributed by atoms with Crippen molar-refractivity contribution in [3.63, 3.8) is 0 Å². The molecule has 1 aliphatic rings. The van der Waals surface area contributed by atoms with E-state index in [0.29, 0.717) is 17.0 Å². The van der Waals surface area contributed by atoms with Gasteiger partial charge in [-0.3, -0.25) is 4.90 Å². The van der Waals surface area contributed by atoms with Crippen LogP contribution in [0.1, 0.15) is 25.5 Å². The zero-order valence-electron chi connectivity index (χ0n) is 14.0. The maximum Gasteiger partial charge on any atom is 0.338 e. The SMILES string of the molecule is CCOC(=O)C1=C(C)N(CCO)C(=O)N[C@@H]1c1ccc(OC)cc1. The van der Waals surface area contributed by atoms with Gasteiger partial charge < -0.3 is 19.9 Å². The number of hydrogen-bond acceptors (Lipinski definition) is 5. The Balaban J connectivity index is 2.46. The largest absolute Gasteiger partial charge is 0.497 e. The lowest BCUT2D eigenvalue weighted by Gasteiger charge is -2.35. The third kappa shape index (κ3) is 3.51. The first-order chi connectivity index (χ1) is 11.5. The van der Waals surface area contributed by atoms with Gasteiger partial charge in [-0.25, -0.2) is 9.59 Å². The second kappa shape index (κ2) is 7.83. The molecule has 2 N–H and O–H groups in total. The van der Waals surface area contributed by atoms with E-state index < -0.39 is 12.0 Å². The van der Waals surface area contributed by atoms with E-state index >= 15 is 0 Å². The topological polar surface area (TPSA) is 88.1 Å². The average molecular weight is 334 g/mol. The molecular weight excluding hydrogens is 312 g/mol. The number of urea groups is 1. The number of esters is 1. The first-order valence-corrected chi connectivity index (χ1v) is 7.74. The molecule has 2 rings (SSSR count). The number of carbonyl (C=O) groups excluding carboxylic acids is 2. The van der Waals surface area contributed by atoms with E-state index in [1.54, 1.807) is 45.2 Å². The summed E-state index contributed by atoms with van der Waals surface area (Å²) in [6.45, 7) is 3.54. The summed E-state index contributed by atoms with van der Waals surface area (Å²) in [5.41, 5.74) is 1.58. The summed E-state index contributed by atoms with van der Waals surface area (Å²) in [7, 11) is 1.57. The van der Waals surface area contributed by atoms with Crippen LogP contribution in [0.4, 0.5) is 4.79 Å². The van der Waals surface area contributed by atoms with E-state index in [1.165, 1.54) is 4.90 Å². The van der Waals surface area contributed by atoms with Crippen LogP contribution in [0, 0.1) is 0 Å². The number of amides is 2.